The van der Waals surface area contributed by atoms with Gasteiger partial charge in [0.2, 0.25) is 10.0 Å². The molecular formula is C13H13BrFN3O2S. The van der Waals surface area contributed by atoms with E-state index in [0.717, 1.165) is 15.7 Å². The first-order chi connectivity index (χ1) is 9.86. The van der Waals surface area contributed by atoms with Crippen molar-refractivity contribution in [2.45, 2.75) is 13.1 Å². The summed E-state index contributed by atoms with van der Waals surface area (Å²) in [6.07, 6.45) is 1.20. The fraction of sp³-hybridized carbons (Fsp3) is 0.308. The molecule has 0 unspecified atom stereocenters. The summed E-state index contributed by atoms with van der Waals surface area (Å²) in [6, 6.07) is 6.07. The molecule has 21 heavy (non-hydrogen) atoms. The van der Waals surface area contributed by atoms with Crippen LogP contribution in [0.4, 0.5) is 4.39 Å². The van der Waals surface area contributed by atoms with Crippen LogP contribution in [0.1, 0.15) is 5.69 Å². The summed E-state index contributed by atoms with van der Waals surface area (Å²) in [5, 5.41) is 4.49. The van der Waals surface area contributed by atoms with Crippen molar-refractivity contribution in [1.29, 1.82) is 0 Å². The third-order valence-corrected chi connectivity index (χ3v) is 5.55. The molecule has 0 saturated heterocycles. The summed E-state index contributed by atoms with van der Waals surface area (Å²) >= 11 is 3.49. The van der Waals surface area contributed by atoms with Crippen LogP contribution in [0.25, 0.3) is 11.3 Å². The molecule has 0 aliphatic carbocycles. The number of hydrogen-bond donors (Lipinski definition) is 0. The molecule has 0 radical (unpaired) electrons. The van der Waals surface area contributed by atoms with Gasteiger partial charge in [-0.25, -0.2) is 12.8 Å². The van der Waals surface area contributed by atoms with Gasteiger partial charge < -0.3 is 0 Å². The third-order valence-electron chi connectivity index (χ3n) is 3.47. The molecule has 3 rings (SSSR count). The highest BCUT2D eigenvalue weighted by Crippen LogP contribution is 2.33. The second-order valence-corrected chi connectivity index (χ2v) is 7.71. The van der Waals surface area contributed by atoms with Gasteiger partial charge in [0, 0.05) is 12.1 Å². The van der Waals surface area contributed by atoms with Crippen molar-refractivity contribution in [2.24, 2.45) is 0 Å². The van der Waals surface area contributed by atoms with E-state index in [2.05, 4.69) is 21.0 Å². The van der Waals surface area contributed by atoms with E-state index in [1.807, 2.05) is 0 Å². The Balaban J connectivity index is 2.01. The fourth-order valence-electron chi connectivity index (χ4n) is 2.34. The van der Waals surface area contributed by atoms with Crippen molar-refractivity contribution in [3.8, 4) is 11.3 Å². The summed E-state index contributed by atoms with van der Waals surface area (Å²) in [5.74, 6) is -0.304. The lowest BCUT2D eigenvalue weighted by Gasteiger charge is -2.25. The van der Waals surface area contributed by atoms with Crippen LogP contribution in [0, 0.1) is 5.82 Å². The Bertz CT molecular complexity index is 786. The minimum Gasteiger partial charge on any atom is -0.265 e. The van der Waals surface area contributed by atoms with Crippen LogP contribution in [-0.2, 0) is 23.1 Å². The summed E-state index contributed by atoms with van der Waals surface area (Å²) in [4.78, 5) is 0. The number of fused-ring (bicyclic) bond motifs is 1. The van der Waals surface area contributed by atoms with Gasteiger partial charge in [0.25, 0.3) is 0 Å². The summed E-state index contributed by atoms with van der Waals surface area (Å²) in [5.41, 5.74) is 2.29. The monoisotopic (exact) mass is 373 g/mol. The van der Waals surface area contributed by atoms with Crippen LogP contribution < -0.4 is 0 Å². The Morgan fingerprint density at radius 1 is 1.24 bits per heavy atom. The Morgan fingerprint density at radius 3 is 2.52 bits per heavy atom. The Kier molecular flexibility index (Phi) is 3.62. The molecule has 1 aliphatic heterocycles. The second kappa shape index (κ2) is 5.19. The number of hydrogen-bond acceptors (Lipinski definition) is 3. The van der Waals surface area contributed by atoms with E-state index in [0.29, 0.717) is 18.8 Å². The van der Waals surface area contributed by atoms with Gasteiger partial charge in [-0.2, -0.15) is 9.40 Å². The molecule has 0 amide bonds. The number of benzene rings is 1. The van der Waals surface area contributed by atoms with Crippen molar-refractivity contribution in [3.05, 3.63) is 40.2 Å². The van der Waals surface area contributed by atoms with E-state index in [9.17, 15) is 12.8 Å². The van der Waals surface area contributed by atoms with E-state index in [-0.39, 0.29) is 12.4 Å². The zero-order chi connectivity index (χ0) is 15.2. The number of sulfonamides is 1. The third kappa shape index (κ3) is 2.75. The number of aromatic nitrogens is 2. The van der Waals surface area contributed by atoms with Crippen LogP contribution in [0.5, 0.6) is 0 Å². The average Bonchev–Trinajstić information content (AvgIpc) is 2.76. The summed E-state index contributed by atoms with van der Waals surface area (Å²) < 4.78 is 40.3. The van der Waals surface area contributed by atoms with E-state index in [1.54, 1.807) is 16.8 Å². The van der Waals surface area contributed by atoms with Gasteiger partial charge in [0.05, 0.1) is 29.5 Å². The quantitative estimate of drug-likeness (QED) is 0.810. The Labute approximate surface area is 130 Å². The molecule has 2 heterocycles. The van der Waals surface area contributed by atoms with Crippen LogP contribution >= 0.6 is 15.9 Å². The molecule has 1 aromatic carbocycles. The van der Waals surface area contributed by atoms with Crippen molar-refractivity contribution in [1.82, 2.24) is 14.1 Å². The smallest absolute Gasteiger partial charge is 0.211 e. The molecule has 0 fully saturated rings. The number of nitrogens with zero attached hydrogens (tertiary/aromatic N) is 3. The van der Waals surface area contributed by atoms with E-state index < -0.39 is 10.0 Å². The standard InChI is InChI=1S/C13H13BrFN3O2S/c1-21(19,20)17-6-7-18-11(8-17)12(14)13(16-18)9-2-4-10(15)5-3-9/h2-5H,6-8H2,1H3. The molecule has 5 nitrogen and oxygen atoms in total. The normalized spacial score (nSPS) is 16.0. The molecule has 0 atom stereocenters. The minimum absolute atomic E-state index is 0.285. The largest absolute Gasteiger partial charge is 0.265 e. The maximum Gasteiger partial charge on any atom is 0.211 e. The molecule has 112 valence electrons. The van der Waals surface area contributed by atoms with Gasteiger partial charge in [-0.3, -0.25) is 4.68 Å². The lowest BCUT2D eigenvalue weighted by Crippen LogP contribution is -2.37. The highest BCUT2D eigenvalue weighted by molar-refractivity contribution is 9.10. The average molecular weight is 374 g/mol. The van der Waals surface area contributed by atoms with Gasteiger partial charge >= 0.3 is 0 Å². The van der Waals surface area contributed by atoms with Crippen LogP contribution in [0.2, 0.25) is 0 Å². The van der Waals surface area contributed by atoms with Crippen LogP contribution in [0.15, 0.2) is 28.7 Å². The fourth-order valence-corrected chi connectivity index (χ4v) is 3.75. The SMILES string of the molecule is CS(=O)(=O)N1CCn2nc(-c3ccc(F)cc3)c(Br)c2C1. The highest BCUT2D eigenvalue weighted by atomic mass is 79.9. The van der Waals surface area contributed by atoms with Gasteiger partial charge in [0.1, 0.15) is 11.5 Å². The minimum atomic E-state index is -3.22. The van der Waals surface area contributed by atoms with Crippen molar-refractivity contribution in [3.63, 3.8) is 0 Å². The van der Waals surface area contributed by atoms with Gasteiger partial charge in [-0.1, -0.05) is 0 Å². The highest BCUT2D eigenvalue weighted by Gasteiger charge is 2.27. The van der Waals surface area contributed by atoms with Gasteiger partial charge in [0.15, 0.2) is 0 Å². The molecule has 0 N–H and O–H groups in total. The lowest BCUT2D eigenvalue weighted by molar-refractivity contribution is 0.328. The molecule has 0 bridgehead atoms. The molecule has 0 saturated carbocycles. The summed E-state index contributed by atoms with van der Waals surface area (Å²) in [6.45, 7) is 1.19. The first-order valence-electron chi connectivity index (χ1n) is 6.32. The second-order valence-electron chi connectivity index (χ2n) is 4.94. The van der Waals surface area contributed by atoms with Crippen LogP contribution in [-0.4, -0.2) is 35.3 Å². The van der Waals surface area contributed by atoms with Crippen molar-refractivity contribution >= 4 is 26.0 Å². The molecule has 1 aliphatic rings. The summed E-state index contributed by atoms with van der Waals surface area (Å²) in [7, 11) is -3.22. The number of halogens is 2. The first kappa shape index (κ1) is 14.7. The van der Waals surface area contributed by atoms with Gasteiger partial charge in [-0.05, 0) is 40.2 Å². The van der Waals surface area contributed by atoms with Crippen molar-refractivity contribution < 1.29 is 12.8 Å². The van der Waals surface area contributed by atoms with Crippen molar-refractivity contribution in [2.75, 3.05) is 12.8 Å². The maximum atomic E-state index is 13.0. The van der Waals surface area contributed by atoms with E-state index >= 15 is 0 Å². The Hall–Kier alpha value is -1.25. The molecule has 1 aromatic heterocycles. The topological polar surface area (TPSA) is 55.2 Å². The lowest BCUT2D eigenvalue weighted by atomic mass is 10.1. The molecule has 2 aromatic rings. The van der Waals surface area contributed by atoms with Crippen LogP contribution in [0.3, 0.4) is 0 Å². The maximum absolute atomic E-state index is 13.0. The predicted octanol–water partition coefficient (Wildman–Crippen LogP) is 2.23. The predicted molar refractivity (Wildman–Crippen MR) is 80.6 cm³/mol. The first-order valence-corrected chi connectivity index (χ1v) is 8.96. The van der Waals surface area contributed by atoms with E-state index in [1.165, 1.54) is 22.7 Å². The van der Waals surface area contributed by atoms with E-state index in [4.69, 9.17) is 0 Å². The molecular weight excluding hydrogens is 361 g/mol. The van der Waals surface area contributed by atoms with Gasteiger partial charge in [-0.15, -0.1) is 0 Å². The zero-order valence-corrected chi connectivity index (χ0v) is 13.7. The molecule has 0 spiro atoms. The zero-order valence-electron chi connectivity index (χ0n) is 11.3. The molecule has 8 heteroatoms. The number of rotatable bonds is 2. The Morgan fingerprint density at radius 2 is 1.90 bits per heavy atom.